The summed E-state index contributed by atoms with van der Waals surface area (Å²) in [5.41, 5.74) is 1.73. The first-order valence-corrected chi connectivity index (χ1v) is 14.0. The van der Waals surface area contributed by atoms with Gasteiger partial charge in [0.2, 0.25) is 0 Å². The Hall–Kier alpha value is -2.36. The molecule has 6 atom stereocenters. The van der Waals surface area contributed by atoms with Crippen molar-refractivity contribution in [3.63, 3.8) is 0 Å². The highest BCUT2D eigenvalue weighted by Crippen LogP contribution is 2.36. The van der Waals surface area contributed by atoms with Crippen LogP contribution in [0.25, 0.3) is 12.2 Å². The summed E-state index contributed by atoms with van der Waals surface area (Å²) in [5.74, 6) is 2.40. The molecule has 3 rings (SSSR count). The van der Waals surface area contributed by atoms with Crippen molar-refractivity contribution >= 4 is 24.1 Å². The molecule has 0 heterocycles. The van der Waals surface area contributed by atoms with Crippen LogP contribution in [-0.4, -0.2) is 24.1 Å². The number of hydrogen-bond donors (Lipinski definition) is 0. The molecule has 36 heavy (non-hydrogen) atoms. The molecule has 1 aromatic carbocycles. The van der Waals surface area contributed by atoms with Gasteiger partial charge in [-0.25, -0.2) is 9.59 Å². The molecular weight excluding hydrogens is 448 g/mol. The van der Waals surface area contributed by atoms with E-state index in [1.807, 2.05) is 24.3 Å². The van der Waals surface area contributed by atoms with Gasteiger partial charge in [-0.1, -0.05) is 78.6 Å². The standard InChI is InChI=1S/C32H46O4/c1-21(2)27-15-11-23(5)19-29(27)35-31(33)17-13-25-9-7-8-10-26(25)14-18-32(34)36-30-20-24(6)12-16-28(30)22(3)4/h7-10,13-14,17-18,21-24,27-30H,11-12,15-16,19-20H2,1-6H3/b17-13+,18-14+/t23-,24-,27+,28+,29-,30-/m1/s1. The van der Waals surface area contributed by atoms with Crippen molar-refractivity contribution in [3.8, 4) is 0 Å². The second kappa shape index (κ2) is 13.3. The van der Waals surface area contributed by atoms with E-state index in [4.69, 9.17) is 9.47 Å². The molecule has 0 N–H and O–H groups in total. The number of rotatable bonds is 8. The van der Waals surface area contributed by atoms with Crippen LogP contribution in [0.3, 0.4) is 0 Å². The number of hydrogen-bond acceptors (Lipinski definition) is 4. The number of esters is 2. The Bertz CT molecular complexity index is 853. The van der Waals surface area contributed by atoms with Crippen molar-refractivity contribution < 1.29 is 19.1 Å². The molecule has 2 aliphatic rings. The lowest BCUT2D eigenvalue weighted by Gasteiger charge is -2.36. The van der Waals surface area contributed by atoms with Crippen molar-refractivity contribution in [1.82, 2.24) is 0 Å². The Balaban J connectivity index is 1.62. The van der Waals surface area contributed by atoms with Crippen LogP contribution in [-0.2, 0) is 19.1 Å². The topological polar surface area (TPSA) is 52.6 Å². The van der Waals surface area contributed by atoms with Gasteiger partial charge in [-0.3, -0.25) is 0 Å². The van der Waals surface area contributed by atoms with Crippen molar-refractivity contribution in [3.05, 3.63) is 47.5 Å². The van der Waals surface area contributed by atoms with Crippen molar-refractivity contribution in [2.45, 2.75) is 92.3 Å². The minimum absolute atomic E-state index is 0.0204. The van der Waals surface area contributed by atoms with Crippen LogP contribution in [0.1, 0.15) is 91.2 Å². The Morgan fingerprint density at radius 2 is 1.11 bits per heavy atom. The Morgan fingerprint density at radius 3 is 1.47 bits per heavy atom. The maximum Gasteiger partial charge on any atom is 0.331 e. The first kappa shape index (κ1) is 28.2. The summed E-state index contributed by atoms with van der Waals surface area (Å²) in [4.78, 5) is 25.3. The maximum atomic E-state index is 12.7. The molecule has 4 nitrogen and oxygen atoms in total. The molecule has 2 aliphatic carbocycles. The smallest absolute Gasteiger partial charge is 0.331 e. The predicted molar refractivity (Wildman–Crippen MR) is 147 cm³/mol. The Labute approximate surface area is 218 Å². The third-order valence-corrected chi connectivity index (χ3v) is 8.25. The molecule has 0 aromatic heterocycles. The maximum absolute atomic E-state index is 12.7. The van der Waals surface area contributed by atoms with Crippen LogP contribution in [0.4, 0.5) is 0 Å². The second-order valence-electron chi connectivity index (χ2n) is 11.9. The highest BCUT2D eigenvalue weighted by atomic mass is 16.5. The summed E-state index contributed by atoms with van der Waals surface area (Å²) in [6.45, 7) is 13.3. The van der Waals surface area contributed by atoms with Crippen LogP contribution < -0.4 is 0 Å². The molecule has 0 aliphatic heterocycles. The molecule has 0 spiro atoms. The van der Waals surface area contributed by atoms with Crippen LogP contribution >= 0.6 is 0 Å². The van der Waals surface area contributed by atoms with E-state index in [9.17, 15) is 9.59 Å². The van der Waals surface area contributed by atoms with Gasteiger partial charge in [0, 0.05) is 12.2 Å². The Morgan fingerprint density at radius 1 is 0.722 bits per heavy atom. The fourth-order valence-electron chi connectivity index (χ4n) is 6.01. The van der Waals surface area contributed by atoms with E-state index in [-0.39, 0.29) is 24.1 Å². The van der Waals surface area contributed by atoms with Gasteiger partial charge in [-0.15, -0.1) is 0 Å². The molecule has 0 amide bonds. The SMILES string of the molecule is CC(C)[C@@H]1CC[C@@H](C)C[C@H]1OC(=O)/C=C/c1ccccc1/C=C/C(=O)O[C@@H]1C[C@H](C)CC[C@H]1C(C)C. The summed E-state index contributed by atoms with van der Waals surface area (Å²) in [7, 11) is 0. The zero-order valence-electron chi connectivity index (χ0n) is 23.1. The average Bonchev–Trinajstić information content (AvgIpc) is 2.81. The van der Waals surface area contributed by atoms with Crippen LogP contribution in [0.15, 0.2) is 36.4 Å². The van der Waals surface area contributed by atoms with Gasteiger partial charge in [0.05, 0.1) is 0 Å². The third-order valence-electron chi connectivity index (χ3n) is 8.25. The van der Waals surface area contributed by atoms with Gasteiger partial charge in [0.25, 0.3) is 0 Å². The second-order valence-corrected chi connectivity index (χ2v) is 11.9. The number of ether oxygens (including phenoxy) is 2. The van der Waals surface area contributed by atoms with Crippen LogP contribution in [0.2, 0.25) is 0 Å². The Kier molecular flexibility index (Phi) is 10.4. The highest BCUT2D eigenvalue weighted by molar-refractivity contribution is 5.90. The molecule has 0 unspecified atom stereocenters. The molecule has 0 bridgehead atoms. The van der Waals surface area contributed by atoms with Crippen LogP contribution in [0, 0.1) is 35.5 Å². The van der Waals surface area contributed by atoms with Gasteiger partial charge >= 0.3 is 11.9 Å². The van der Waals surface area contributed by atoms with E-state index in [1.54, 1.807) is 12.2 Å². The summed E-state index contributed by atoms with van der Waals surface area (Å²) in [6, 6.07) is 7.72. The largest absolute Gasteiger partial charge is 0.459 e. The lowest BCUT2D eigenvalue weighted by molar-refractivity contribution is -0.150. The van der Waals surface area contributed by atoms with E-state index < -0.39 is 0 Å². The molecule has 0 radical (unpaired) electrons. The molecule has 198 valence electrons. The summed E-state index contributed by atoms with van der Waals surface area (Å²) in [6.07, 6.45) is 13.0. The first-order chi connectivity index (χ1) is 17.1. The molecule has 1 aromatic rings. The van der Waals surface area contributed by atoms with E-state index in [1.165, 1.54) is 25.0 Å². The fraction of sp³-hybridized carbons (Fsp3) is 0.625. The third kappa shape index (κ3) is 8.08. The number of benzene rings is 1. The monoisotopic (exact) mass is 494 g/mol. The van der Waals surface area contributed by atoms with Crippen LogP contribution in [0.5, 0.6) is 0 Å². The van der Waals surface area contributed by atoms with E-state index >= 15 is 0 Å². The minimum atomic E-state index is -0.302. The van der Waals surface area contributed by atoms with Gasteiger partial charge in [-0.05, 0) is 84.5 Å². The van der Waals surface area contributed by atoms with Gasteiger partial charge in [0.1, 0.15) is 12.2 Å². The molecule has 2 fully saturated rings. The lowest BCUT2D eigenvalue weighted by Crippen LogP contribution is -2.35. The number of carbonyl (C=O) groups excluding carboxylic acids is 2. The zero-order valence-corrected chi connectivity index (χ0v) is 23.1. The fourth-order valence-corrected chi connectivity index (χ4v) is 6.01. The zero-order chi connectivity index (χ0) is 26.2. The van der Waals surface area contributed by atoms with Gasteiger partial charge < -0.3 is 9.47 Å². The molecular formula is C32H46O4. The van der Waals surface area contributed by atoms with Gasteiger partial charge in [0.15, 0.2) is 0 Å². The van der Waals surface area contributed by atoms with Crippen molar-refractivity contribution in [2.75, 3.05) is 0 Å². The van der Waals surface area contributed by atoms with Gasteiger partial charge in [-0.2, -0.15) is 0 Å². The van der Waals surface area contributed by atoms with E-state index in [2.05, 4.69) is 41.5 Å². The molecule has 0 saturated heterocycles. The van der Waals surface area contributed by atoms with Crippen molar-refractivity contribution in [1.29, 1.82) is 0 Å². The lowest BCUT2D eigenvalue weighted by atomic mass is 9.75. The predicted octanol–water partition coefficient (Wildman–Crippen LogP) is 7.72. The quantitative estimate of drug-likeness (QED) is 0.274. The highest BCUT2D eigenvalue weighted by Gasteiger charge is 2.34. The summed E-state index contributed by atoms with van der Waals surface area (Å²) >= 11 is 0. The molecule has 4 heteroatoms. The first-order valence-electron chi connectivity index (χ1n) is 14.0. The summed E-state index contributed by atoms with van der Waals surface area (Å²) in [5, 5.41) is 0. The minimum Gasteiger partial charge on any atom is -0.459 e. The van der Waals surface area contributed by atoms with E-state index in [0.29, 0.717) is 35.5 Å². The van der Waals surface area contributed by atoms with Crippen molar-refractivity contribution in [2.24, 2.45) is 35.5 Å². The average molecular weight is 495 g/mol. The number of carbonyl (C=O) groups is 2. The molecule has 2 saturated carbocycles. The van der Waals surface area contributed by atoms with E-state index in [0.717, 1.165) is 36.8 Å². The normalized spacial score (nSPS) is 29.2. The summed E-state index contributed by atoms with van der Waals surface area (Å²) < 4.78 is 11.8.